The molecule has 0 radical (unpaired) electrons. The molecule has 27 heavy (non-hydrogen) atoms. The third kappa shape index (κ3) is 5.34. The van der Waals surface area contributed by atoms with E-state index in [1.807, 2.05) is 17.5 Å². The van der Waals surface area contributed by atoms with Gasteiger partial charge in [0.15, 0.2) is 11.5 Å². The van der Waals surface area contributed by atoms with Gasteiger partial charge in [-0.3, -0.25) is 14.5 Å². The van der Waals surface area contributed by atoms with Gasteiger partial charge in [0.1, 0.15) is 11.5 Å². The number of unbranched alkanes of at least 4 members (excludes halogenated alkanes) is 3. The summed E-state index contributed by atoms with van der Waals surface area (Å²) in [4.78, 5) is 26.8. The third-order valence-electron chi connectivity index (χ3n) is 5.07. The standard InChI is InChI=1S/C20H26N2O4S/c1-14(23)15-12-22(13-18(15)25)9-5-3-2-4-7-17(24)16-11-19(26-21-16)20-8-6-10-27-20/h6,8,10-11,15,18,25H,2-5,7,9,12-13H2,1H3/t15-,18-/m1/s1. The second-order valence-corrected chi connectivity index (χ2v) is 8.13. The summed E-state index contributed by atoms with van der Waals surface area (Å²) in [5, 5.41) is 15.7. The number of ketones is 2. The molecule has 2 atom stereocenters. The first-order valence-electron chi connectivity index (χ1n) is 9.49. The predicted molar refractivity (Wildman–Crippen MR) is 104 cm³/mol. The summed E-state index contributed by atoms with van der Waals surface area (Å²) in [7, 11) is 0. The number of β-amino-alcohol motifs (C(OH)–C–C–N with tert-alkyl or cyclic N) is 1. The molecule has 0 aromatic carbocycles. The van der Waals surface area contributed by atoms with Crippen LogP contribution in [0, 0.1) is 5.92 Å². The van der Waals surface area contributed by atoms with Crippen LogP contribution >= 0.6 is 11.3 Å². The minimum atomic E-state index is -0.526. The number of thiophene rings is 1. The zero-order valence-electron chi connectivity index (χ0n) is 15.6. The Bertz CT molecular complexity index is 756. The molecule has 1 fully saturated rings. The molecule has 6 nitrogen and oxygen atoms in total. The molecule has 0 saturated carbocycles. The number of rotatable bonds is 10. The number of aliphatic hydroxyl groups excluding tert-OH is 1. The Labute approximate surface area is 163 Å². The van der Waals surface area contributed by atoms with Gasteiger partial charge in [-0.15, -0.1) is 11.3 Å². The molecule has 1 saturated heterocycles. The lowest BCUT2D eigenvalue weighted by atomic mass is 10.0. The predicted octanol–water partition coefficient (Wildman–Crippen LogP) is 3.42. The molecule has 0 unspecified atom stereocenters. The Kier molecular flexibility index (Phi) is 6.93. The molecule has 0 amide bonds. The molecule has 2 aromatic rings. The number of hydrogen-bond acceptors (Lipinski definition) is 7. The molecule has 146 valence electrons. The molecule has 0 spiro atoms. The van der Waals surface area contributed by atoms with Gasteiger partial charge in [0.2, 0.25) is 0 Å². The van der Waals surface area contributed by atoms with Crippen molar-refractivity contribution in [3.8, 4) is 10.6 Å². The van der Waals surface area contributed by atoms with E-state index in [1.165, 1.54) is 0 Å². The third-order valence-corrected chi connectivity index (χ3v) is 5.96. The first-order valence-corrected chi connectivity index (χ1v) is 10.4. The van der Waals surface area contributed by atoms with Crippen LogP contribution in [-0.2, 0) is 4.79 Å². The van der Waals surface area contributed by atoms with Crippen LogP contribution in [0.4, 0.5) is 0 Å². The summed E-state index contributed by atoms with van der Waals surface area (Å²) < 4.78 is 5.26. The maximum Gasteiger partial charge on any atom is 0.184 e. The average molecular weight is 391 g/mol. The fraction of sp³-hybridized carbons (Fsp3) is 0.550. The van der Waals surface area contributed by atoms with Crippen LogP contribution in [0.3, 0.4) is 0 Å². The van der Waals surface area contributed by atoms with E-state index in [4.69, 9.17) is 4.52 Å². The highest BCUT2D eigenvalue weighted by molar-refractivity contribution is 7.13. The molecular formula is C20H26N2O4S. The van der Waals surface area contributed by atoms with Crippen LogP contribution in [-0.4, -0.2) is 52.5 Å². The smallest absolute Gasteiger partial charge is 0.184 e. The zero-order chi connectivity index (χ0) is 19.2. The number of nitrogens with zero attached hydrogens (tertiary/aromatic N) is 2. The van der Waals surface area contributed by atoms with E-state index in [-0.39, 0.29) is 17.5 Å². The summed E-state index contributed by atoms with van der Waals surface area (Å²) >= 11 is 1.56. The second kappa shape index (κ2) is 9.39. The first kappa shape index (κ1) is 19.9. The molecular weight excluding hydrogens is 364 g/mol. The highest BCUT2D eigenvalue weighted by Crippen LogP contribution is 2.25. The lowest BCUT2D eigenvalue weighted by molar-refractivity contribution is -0.122. The first-order chi connectivity index (χ1) is 13.0. The van der Waals surface area contributed by atoms with E-state index in [1.54, 1.807) is 24.3 Å². The molecule has 0 bridgehead atoms. The van der Waals surface area contributed by atoms with Crippen molar-refractivity contribution in [2.75, 3.05) is 19.6 Å². The van der Waals surface area contributed by atoms with Crippen molar-refractivity contribution in [3.05, 3.63) is 29.3 Å². The number of carbonyl (C=O) groups excluding carboxylic acids is 2. The highest BCUT2D eigenvalue weighted by Gasteiger charge is 2.33. The van der Waals surface area contributed by atoms with Crippen molar-refractivity contribution in [2.45, 2.75) is 45.1 Å². The molecule has 3 heterocycles. The maximum absolute atomic E-state index is 12.2. The molecule has 2 aromatic heterocycles. The second-order valence-electron chi connectivity index (χ2n) is 7.19. The van der Waals surface area contributed by atoms with Crippen LogP contribution in [0.2, 0.25) is 0 Å². The lowest BCUT2D eigenvalue weighted by Crippen LogP contribution is -2.24. The molecule has 0 aliphatic carbocycles. The van der Waals surface area contributed by atoms with Crippen molar-refractivity contribution >= 4 is 22.9 Å². The largest absolute Gasteiger partial charge is 0.391 e. The van der Waals surface area contributed by atoms with E-state index in [0.29, 0.717) is 31.0 Å². The van der Waals surface area contributed by atoms with Gasteiger partial charge < -0.3 is 9.63 Å². The van der Waals surface area contributed by atoms with E-state index in [0.717, 1.165) is 37.1 Å². The van der Waals surface area contributed by atoms with E-state index in [9.17, 15) is 14.7 Å². The van der Waals surface area contributed by atoms with Gasteiger partial charge in [0.25, 0.3) is 0 Å². The Morgan fingerprint density at radius 3 is 2.81 bits per heavy atom. The summed E-state index contributed by atoms with van der Waals surface area (Å²) in [5.41, 5.74) is 0.403. The average Bonchev–Trinajstić information content (AvgIpc) is 3.37. The molecule has 1 aliphatic rings. The number of aliphatic hydroxyl groups is 1. The Balaban J connectivity index is 1.30. The minimum Gasteiger partial charge on any atom is -0.391 e. The molecule has 7 heteroatoms. The van der Waals surface area contributed by atoms with Crippen LogP contribution in [0.5, 0.6) is 0 Å². The van der Waals surface area contributed by atoms with Gasteiger partial charge in [-0.2, -0.15) is 0 Å². The minimum absolute atomic E-state index is 0.0218. The molecule has 1 N–H and O–H groups in total. The van der Waals surface area contributed by atoms with Gasteiger partial charge in [-0.1, -0.05) is 24.1 Å². The van der Waals surface area contributed by atoms with Crippen molar-refractivity contribution in [3.63, 3.8) is 0 Å². The van der Waals surface area contributed by atoms with Gasteiger partial charge >= 0.3 is 0 Å². The number of carbonyl (C=O) groups is 2. The number of aromatic nitrogens is 1. The molecule has 1 aliphatic heterocycles. The Hall–Kier alpha value is -1.83. The van der Waals surface area contributed by atoms with Crippen molar-refractivity contribution in [1.29, 1.82) is 0 Å². The van der Waals surface area contributed by atoms with E-state index in [2.05, 4.69) is 10.1 Å². The van der Waals surface area contributed by atoms with Crippen molar-refractivity contribution in [1.82, 2.24) is 10.1 Å². The maximum atomic E-state index is 12.2. The SMILES string of the molecule is CC(=O)[C@H]1CN(CCCCCCC(=O)c2cc(-c3cccs3)on2)C[C@H]1O. The van der Waals surface area contributed by atoms with Crippen LogP contribution in [0.15, 0.2) is 28.1 Å². The lowest BCUT2D eigenvalue weighted by Gasteiger charge is -2.14. The van der Waals surface area contributed by atoms with E-state index >= 15 is 0 Å². The Morgan fingerprint density at radius 2 is 2.11 bits per heavy atom. The van der Waals surface area contributed by atoms with Crippen molar-refractivity contribution < 1.29 is 19.2 Å². The Morgan fingerprint density at radius 1 is 1.30 bits per heavy atom. The van der Waals surface area contributed by atoms with Gasteiger partial charge in [-0.05, 0) is 37.8 Å². The summed E-state index contributed by atoms with van der Waals surface area (Å²) in [6.07, 6.45) is 3.81. The summed E-state index contributed by atoms with van der Waals surface area (Å²) in [5.74, 6) is 0.501. The van der Waals surface area contributed by atoms with Crippen LogP contribution < -0.4 is 0 Å². The van der Waals surface area contributed by atoms with Crippen LogP contribution in [0.25, 0.3) is 10.6 Å². The van der Waals surface area contributed by atoms with Crippen LogP contribution in [0.1, 0.15) is 49.5 Å². The van der Waals surface area contributed by atoms with E-state index < -0.39 is 6.10 Å². The number of Topliss-reactive ketones (excluding diaryl/α,β-unsaturated/α-hetero) is 2. The van der Waals surface area contributed by atoms with Gasteiger partial charge in [0, 0.05) is 25.6 Å². The highest BCUT2D eigenvalue weighted by atomic mass is 32.1. The number of likely N-dealkylation sites (tertiary alicyclic amines) is 1. The fourth-order valence-corrected chi connectivity index (χ4v) is 4.17. The van der Waals surface area contributed by atoms with Gasteiger partial charge in [0.05, 0.1) is 16.9 Å². The quantitative estimate of drug-likeness (QED) is 0.494. The fourth-order valence-electron chi connectivity index (χ4n) is 3.49. The normalized spacial score (nSPS) is 20.2. The zero-order valence-corrected chi connectivity index (χ0v) is 16.4. The van der Waals surface area contributed by atoms with Gasteiger partial charge in [-0.25, -0.2) is 0 Å². The summed E-state index contributed by atoms with van der Waals surface area (Å²) in [6, 6.07) is 5.60. The topological polar surface area (TPSA) is 83.6 Å². The monoisotopic (exact) mass is 390 g/mol. The van der Waals surface area contributed by atoms with Crippen molar-refractivity contribution in [2.24, 2.45) is 5.92 Å². The molecule has 3 rings (SSSR count). The number of hydrogen-bond donors (Lipinski definition) is 1. The summed E-state index contributed by atoms with van der Waals surface area (Å²) in [6.45, 7) is 3.68.